The number of nitrogens with zero attached hydrogens (tertiary/aromatic N) is 1. The molecule has 0 amide bonds. The Morgan fingerprint density at radius 1 is 1.82 bits per heavy atom. The monoisotopic (exact) mass is 284 g/mol. The number of halogens is 1. The van der Waals surface area contributed by atoms with Gasteiger partial charge in [0, 0.05) is 0 Å². The van der Waals surface area contributed by atoms with Gasteiger partial charge in [0.2, 0.25) is 0 Å². The molecule has 60 valence electrons. The number of hydrogen-bond acceptors (Lipinski definition) is 5. The Labute approximate surface area is 81.0 Å². The molecule has 0 aliphatic heterocycles. The normalized spacial score (nSPS) is 9.64. The quantitative estimate of drug-likeness (QED) is 0.620. The number of nitrogens with two attached hydrogens (primary N) is 1. The molecule has 0 atom stereocenters. The van der Waals surface area contributed by atoms with Gasteiger partial charge in [-0.15, -0.1) is 0 Å². The Morgan fingerprint density at radius 3 is 2.82 bits per heavy atom. The van der Waals surface area contributed by atoms with E-state index in [4.69, 9.17) is 5.73 Å². The van der Waals surface area contributed by atoms with Gasteiger partial charge in [-0.05, 0) is 34.1 Å². The summed E-state index contributed by atoms with van der Waals surface area (Å²) in [5.41, 5.74) is 5.42. The molecule has 1 aromatic heterocycles. The largest absolute Gasteiger partial charge is 0.465 e. The lowest BCUT2D eigenvalue weighted by Crippen LogP contribution is -2.00. The van der Waals surface area contributed by atoms with Gasteiger partial charge in [-0.3, -0.25) is 0 Å². The lowest BCUT2D eigenvalue weighted by atomic mass is 10.5. The summed E-state index contributed by atoms with van der Waals surface area (Å²) in [7, 11) is 1.33. The van der Waals surface area contributed by atoms with E-state index in [0.29, 0.717) is 14.3 Å². The van der Waals surface area contributed by atoms with Crippen LogP contribution in [0.15, 0.2) is 0 Å². The second-order valence-corrected chi connectivity index (χ2v) is 3.55. The molecular formula is C5H5IN2O2S. The number of carbonyl (C=O) groups is 1. The number of carbonyl (C=O) groups excluding carboxylic acids is 1. The van der Waals surface area contributed by atoms with Crippen LogP contribution in [0.3, 0.4) is 0 Å². The van der Waals surface area contributed by atoms with Crippen molar-refractivity contribution in [1.29, 1.82) is 0 Å². The summed E-state index contributed by atoms with van der Waals surface area (Å²) in [5.74, 6) is -0.000370. The second-order valence-electron chi connectivity index (χ2n) is 1.70. The van der Waals surface area contributed by atoms with Crippen LogP contribution in [0.4, 0.5) is 5.82 Å². The molecule has 1 heterocycles. The van der Waals surface area contributed by atoms with E-state index >= 15 is 0 Å². The molecule has 0 aliphatic rings. The third kappa shape index (κ3) is 1.62. The second kappa shape index (κ2) is 3.35. The van der Waals surface area contributed by atoms with E-state index in [-0.39, 0.29) is 5.97 Å². The first-order valence-corrected chi connectivity index (χ1v) is 4.51. The smallest absolute Gasteiger partial charge is 0.350 e. The highest BCUT2D eigenvalue weighted by molar-refractivity contribution is 14.1. The maximum atomic E-state index is 10.9. The molecule has 4 nitrogen and oxygen atoms in total. The van der Waals surface area contributed by atoms with Gasteiger partial charge in [0.05, 0.1) is 10.7 Å². The molecule has 0 bridgehead atoms. The fourth-order valence-corrected chi connectivity index (χ4v) is 1.93. The number of hydrogen-bond donors (Lipinski definition) is 1. The van der Waals surface area contributed by atoms with Crippen LogP contribution >= 0.6 is 34.1 Å². The van der Waals surface area contributed by atoms with Crippen LogP contribution in [0.25, 0.3) is 0 Å². The van der Waals surface area contributed by atoms with E-state index in [9.17, 15) is 4.79 Å². The van der Waals surface area contributed by atoms with E-state index in [1.165, 1.54) is 7.11 Å². The number of methoxy groups -OCH3 is 1. The van der Waals surface area contributed by atoms with Gasteiger partial charge < -0.3 is 10.5 Å². The number of nitrogen functional groups attached to an aromatic ring is 1. The van der Waals surface area contributed by atoms with Crippen LogP contribution in [0, 0.1) is 3.57 Å². The molecule has 0 aromatic carbocycles. The summed E-state index contributed by atoms with van der Waals surface area (Å²) >= 11 is 3.01. The van der Waals surface area contributed by atoms with Crippen molar-refractivity contribution in [3.63, 3.8) is 0 Å². The molecule has 6 heteroatoms. The molecule has 0 fully saturated rings. The number of rotatable bonds is 1. The molecule has 0 saturated carbocycles. The van der Waals surface area contributed by atoms with Gasteiger partial charge >= 0.3 is 5.97 Å². The molecule has 2 N–H and O–H groups in total. The van der Waals surface area contributed by atoms with Crippen LogP contribution in [-0.2, 0) is 4.74 Å². The van der Waals surface area contributed by atoms with Crippen molar-refractivity contribution in [2.45, 2.75) is 0 Å². The molecule has 11 heavy (non-hydrogen) atoms. The maximum Gasteiger partial charge on any atom is 0.350 e. The van der Waals surface area contributed by atoms with Crippen LogP contribution in [-0.4, -0.2) is 17.5 Å². The topological polar surface area (TPSA) is 65.2 Å². The van der Waals surface area contributed by atoms with Crippen LogP contribution in [0.2, 0.25) is 0 Å². The average molecular weight is 284 g/mol. The standard InChI is InChI=1S/C5H5IN2O2S/c1-10-5(9)3-2(6)4(7)8-11-3/h1H3,(H2,7,8). The Morgan fingerprint density at radius 2 is 2.45 bits per heavy atom. The predicted molar refractivity (Wildman–Crippen MR) is 50.6 cm³/mol. The Kier molecular flexibility index (Phi) is 2.66. The van der Waals surface area contributed by atoms with E-state index in [1.807, 2.05) is 22.6 Å². The first kappa shape index (κ1) is 8.72. The predicted octanol–water partition coefficient (Wildman–Crippen LogP) is 1.12. The summed E-state index contributed by atoms with van der Waals surface area (Å²) in [5, 5.41) is 0. The summed E-state index contributed by atoms with van der Waals surface area (Å²) in [6, 6.07) is 0. The van der Waals surface area contributed by atoms with Gasteiger partial charge in [-0.25, -0.2) is 4.79 Å². The molecule has 0 aliphatic carbocycles. The summed E-state index contributed by atoms with van der Waals surface area (Å²) in [6.07, 6.45) is 0. The van der Waals surface area contributed by atoms with Crippen molar-refractivity contribution >= 4 is 45.9 Å². The minimum atomic E-state index is -0.386. The molecule has 1 aromatic rings. The summed E-state index contributed by atoms with van der Waals surface area (Å²) < 4.78 is 8.96. The minimum Gasteiger partial charge on any atom is -0.465 e. The van der Waals surface area contributed by atoms with Gasteiger partial charge in [-0.2, -0.15) is 4.37 Å². The van der Waals surface area contributed by atoms with Gasteiger partial charge in [0.15, 0.2) is 5.82 Å². The SMILES string of the molecule is COC(=O)c1snc(N)c1I. The third-order valence-corrected chi connectivity index (χ3v) is 3.33. The number of esters is 1. The van der Waals surface area contributed by atoms with Crippen LogP contribution < -0.4 is 5.73 Å². The fraction of sp³-hybridized carbons (Fsp3) is 0.200. The molecule has 0 radical (unpaired) electrons. The van der Waals surface area contributed by atoms with Crippen molar-refractivity contribution in [1.82, 2.24) is 4.37 Å². The van der Waals surface area contributed by atoms with Crippen LogP contribution in [0.1, 0.15) is 9.67 Å². The van der Waals surface area contributed by atoms with Gasteiger partial charge in [0.1, 0.15) is 4.88 Å². The van der Waals surface area contributed by atoms with E-state index in [1.54, 1.807) is 0 Å². The lowest BCUT2D eigenvalue weighted by Gasteiger charge is -1.92. The lowest BCUT2D eigenvalue weighted by molar-refractivity contribution is 0.0605. The van der Waals surface area contributed by atoms with Crippen LogP contribution in [0.5, 0.6) is 0 Å². The average Bonchev–Trinajstić information content (AvgIpc) is 2.32. The van der Waals surface area contributed by atoms with Gasteiger partial charge in [0.25, 0.3) is 0 Å². The summed E-state index contributed by atoms with van der Waals surface area (Å²) in [6.45, 7) is 0. The van der Waals surface area contributed by atoms with Crippen molar-refractivity contribution in [3.8, 4) is 0 Å². The number of aromatic nitrogens is 1. The number of ether oxygens (including phenoxy) is 1. The van der Waals surface area contributed by atoms with Crippen molar-refractivity contribution in [2.24, 2.45) is 0 Å². The third-order valence-electron chi connectivity index (χ3n) is 1.03. The van der Waals surface area contributed by atoms with Gasteiger partial charge in [-0.1, -0.05) is 0 Å². The van der Waals surface area contributed by atoms with E-state index in [2.05, 4.69) is 9.11 Å². The highest BCUT2D eigenvalue weighted by atomic mass is 127. The zero-order chi connectivity index (χ0) is 8.43. The van der Waals surface area contributed by atoms with E-state index < -0.39 is 0 Å². The fourth-order valence-electron chi connectivity index (χ4n) is 0.511. The summed E-state index contributed by atoms with van der Waals surface area (Å²) in [4.78, 5) is 11.4. The highest BCUT2D eigenvalue weighted by Crippen LogP contribution is 2.23. The molecule has 0 unspecified atom stereocenters. The first-order chi connectivity index (χ1) is 5.16. The van der Waals surface area contributed by atoms with Crippen molar-refractivity contribution < 1.29 is 9.53 Å². The molecule has 1 rings (SSSR count). The minimum absolute atomic E-state index is 0.385. The van der Waals surface area contributed by atoms with E-state index in [0.717, 1.165) is 11.5 Å². The van der Waals surface area contributed by atoms with Crippen molar-refractivity contribution in [2.75, 3.05) is 12.8 Å². The molecule has 0 spiro atoms. The zero-order valence-corrected chi connectivity index (χ0v) is 8.60. The molecule has 0 saturated heterocycles. The Hall–Kier alpha value is -0.370. The number of anilines is 1. The first-order valence-electron chi connectivity index (χ1n) is 2.65. The Bertz CT molecular complexity index is 286. The van der Waals surface area contributed by atoms with Crippen molar-refractivity contribution in [3.05, 3.63) is 8.45 Å². The Balaban J connectivity index is 3.04. The molecular weight excluding hydrogens is 279 g/mol. The highest BCUT2D eigenvalue weighted by Gasteiger charge is 2.15. The zero-order valence-electron chi connectivity index (χ0n) is 5.63. The maximum absolute atomic E-state index is 10.9.